The van der Waals surface area contributed by atoms with Crippen LogP contribution in [0.3, 0.4) is 0 Å². The number of benzene rings is 3. The number of hydrogen-bond donors (Lipinski definition) is 8. The van der Waals surface area contributed by atoms with Crippen molar-refractivity contribution < 1.29 is 40.2 Å². The molecule has 0 bridgehead atoms. The number of anilines is 2. The van der Waals surface area contributed by atoms with E-state index in [-0.39, 0.29) is 22.9 Å². The average Bonchev–Trinajstić information content (AvgIpc) is 3.12. The molecule has 0 spiro atoms. The lowest BCUT2D eigenvalue weighted by Gasteiger charge is -2.29. The highest BCUT2D eigenvalue weighted by Crippen LogP contribution is 2.32. The van der Waals surface area contributed by atoms with Crippen LogP contribution in [0, 0.1) is 25.7 Å². The van der Waals surface area contributed by atoms with Crippen LogP contribution in [0.15, 0.2) is 66.9 Å². The maximum absolute atomic E-state index is 12.6. The zero-order valence-electron chi connectivity index (χ0n) is 30.7. The standard InChI is InChI=1S/C40H55N5O8/c1-28-17-31(37(50)35(19-28)41-39(52)33(24-46)25-47)22-44-13-6-11-43(21-30-9-4-3-5-10-30)12-7-14-45(16-8-15-44)23-32-18-29(2)20-36(38(32)51)42-40(53)34(26-48)27-49/h3-5,8-10,15,17-20,33-34,46-51H,6-7,11-14,16,21-27H2,1-2H3,(H,41,52)(H,42,53)/b15-8-. The van der Waals surface area contributed by atoms with Gasteiger partial charge in [0.25, 0.3) is 0 Å². The first-order valence-electron chi connectivity index (χ1n) is 18.1. The third-order valence-corrected chi connectivity index (χ3v) is 9.37. The van der Waals surface area contributed by atoms with Gasteiger partial charge in [-0.3, -0.25) is 19.4 Å². The number of amides is 2. The van der Waals surface area contributed by atoms with Gasteiger partial charge in [-0.15, -0.1) is 0 Å². The number of nitrogens with one attached hydrogen (secondary N) is 2. The Hall–Kier alpha value is -4.50. The van der Waals surface area contributed by atoms with Gasteiger partial charge in [0, 0.05) is 56.9 Å². The predicted octanol–water partition coefficient (Wildman–Crippen LogP) is 2.91. The first-order valence-corrected chi connectivity index (χ1v) is 18.1. The fourth-order valence-corrected chi connectivity index (χ4v) is 6.43. The number of hydrogen-bond acceptors (Lipinski definition) is 11. The molecule has 13 heteroatoms. The summed E-state index contributed by atoms with van der Waals surface area (Å²) in [7, 11) is 0. The van der Waals surface area contributed by atoms with Crippen LogP contribution in [0.2, 0.25) is 0 Å². The molecule has 0 fully saturated rings. The summed E-state index contributed by atoms with van der Waals surface area (Å²) in [5, 5.41) is 65.6. The summed E-state index contributed by atoms with van der Waals surface area (Å²) in [5.41, 5.74) is 4.56. The van der Waals surface area contributed by atoms with Gasteiger partial charge in [-0.2, -0.15) is 0 Å². The molecule has 0 unspecified atom stereocenters. The third kappa shape index (κ3) is 12.3. The van der Waals surface area contributed by atoms with Gasteiger partial charge in [0.15, 0.2) is 0 Å². The molecule has 2 amide bonds. The Morgan fingerprint density at radius 3 is 1.68 bits per heavy atom. The van der Waals surface area contributed by atoms with Gasteiger partial charge >= 0.3 is 0 Å². The summed E-state index contributed by atoms with van der Waals surface area (Å²) >= 11 is 0. The molecule has 8 N–H and O–H groups in total. The zero-order valence-corrected chi connectivity index (χ0v) is 30.7. The van der Waals surface area contributed by atoms with E-state index in [0.29, 0.717) is 37.3 Å². The molecule has 288 valence electrons. The summed E-state index contributed by atoms with van der Waals surface area (Å²) in [6.07, 6.45) is 5.81. The molecule has 13 nitrogen and oxygen atoms in total. The van der Waals surface area contributed by atoms with E-state index in [1.165, 1.54) is 5.56 Å². The molecule has 3 aromatic carbocycles. The van der Waals surface area contributed by atoms with E-state index in [9.17, 15) is 40.2 Å². The fraction of sp³-hybridized carbons (Fsp3) is 0.450. The van der Waals surface area contributed by atoms with Crippen molar-refractivity contribution in [2.45, 2.75) is 46.3 Å². The van der Waals surface area contributed by atoms with E-state index >= 15 is 0 Å². The number of aliphatic hydroxyl groups is 4. The van der Waals surface area contributed by atoms with Crippen LogP contribution < -0.4 is 10.6 Å². The summed E-state index contributed by atoms with van der Waals surface area (Å²) in [6, 6.07) is 17.4. The van der Waals surface area contributed by atoms with Gasteiger partial charge in [-0.1, -0.05) is 48.5 Å². The van der Waals surface area contributed by atoms with Crippen molar-refractivity contribution in [2.24, 2.45) is 11.8 Å². The summed E-state index contributed by atoms with van der Waals surface area (Å²) in [5.74, 6) is -3.31. The van der Waals surface area contributed by atoms with Crippen LogP contribution in [-0.4, -0.2) is 116 Å². The van der Waals surface area contributed by atoms with Crippen LogP contribution in [0.4, 0.5) is 11.4 Å². The zero-order chi connectivity index (χ0) is 38.3. The molecule has 0 aromatic heterocycles. The van der Waals surface area contributed by atoms with Gasteiger partial charge in [0.05, 0.1) is 49.6 Å². The summed E-state index contributed by atoms with van der Waals surface area (Å²) in [6.45, 7) is 6.89. The van der Waals surface area contributed by atoms with Crippen molar-refractivity contribution in [2.75, 3.05) is 69.8 Å². The lowest BCUT2D eigenvalue weighted by molar-refractivity contribution is -0.123. The first kappa shape index (κ1) is 41.3. The largest absolute Gasteiger partial charge is 0.505 e. The van der Waals surface area contributed by atoms with Crippen molar-refractivity contribution in [3.63, 3.8) is 0 Å². The molecule has 1 aliphatic heterocycles. The lowest BCUT2D eigenvalue weighted by atomic mass is 10.1. The maximum atomic E-state index is 12.6. The second kappa shape index (κ2) is 20.7. The van der Waals surface area contributed by atoms with Crippen molar-refractivity contribution in [1.82, 2.24) is 14.7 Å². The number of aliphatic hydroxyl groups excluding tert-OH is 4. The number of aromatic hydroxyl groups is 2. The molecular weight excluding hydrogens is 678 g/mol. The van der Waals surface area contributed by atoms with Gasteiger partial charge in [-0.25, -0.2) is 0 Å². The normalized spacial score (nSPS) is 15.6. The maximum Gasteiger partial charge on any atom is 0.232 e. The Kier molecular flexibility index (Phi) is 16.1. The summed E-state index contributed by atoms with van der Waals surface area (Å²) < 4.78 is 0. The van der Waals surface area contributed by atoms with Crippen molar-refractivity contribution in [1.29, 1.82) is 0 Å². The molecule has 1 aliphatic rings. The topological polar surface area (TPSA) is 189 Å². The number of phenols is 2. The van der Waals surface area contributed by atoms with Gasteiger partial charge in [0.1, 0.15) is 11.5 Å². The SMILES string of the molecule is Cc1cc(CN2/C=C\CN(Cc3cc(C)cc(NC(=O)C(CO)CO)c3O)CCCN(Cc3ccccc3)CCC2)c(O)c(NC(=O)C(CO)CO)c1. The molecule has 53 heavy (non-hydrogen) atoms. The highest BCUT2D eigenvalue weighted by atomic mass is 16.3. The van der Waals surface area contributed by atoms with Crippen LogP contribution >= 0.6 is 0 Å². The van der Waals surface area contributed by atoms with E-state index in [0.717, 1.165) is 50.1 Å². The van der Waals surface area contributed by atoms with Gasteiger partial charge in [0.2, 0.25) is 11.8 Å². The number of phenolic OH excluding ortho intramolecular Hbond substituents is 2. The molecule has 0 saturated carbocycles. The Balaban J connectivity index is 1.59. The number of carbonyl (C=O) groups excluding carboxylic acids is 2. The van der Waals surface area contributed by atoms with Gasteiger partial charge < -0.3 is 46.2 Å². The van der Waals surface area contributed by atoms with E-state index in [2.05, 4.69) is 43.5 Å². The highest BCUT2D eigenvalue weighted by molar-refractivity contribution is 5.95. The number of nitrogens with zero attached hydrogens (tertiary/aromatic N) is 3. The number of rotatable bonds is 14. The minimum atomic E-state index is -1.00. The molecular formula is C40H55N5O8. The second-order valence-corrected chi connectivity index (χ2v) is 13.8. The smallest absolute Gasteiger partial charge is 0.232 e. The highest BCUT2D eigenvalue weighted by Gasteiger charge is 2.22. The minimum Gasteiger partial charge on any atom is -0.505 e. The van der Waals surface area contributed by atoms with E-state index in [4.69, 9.17) is 0 Å². The van der Waals surface area contributed by atoms with Crippen LogP contribution in [0.25, 0.3) is 0 Å². The first-order chi connectivity index (χ1) is 25.5. The van der Waals surface area contributed by atoms with Crippen LogP contribution in [0.5, 0.6) is 11.5 Å². The minimum absolute atomic E-state index is 0.0666. The van der Waals surface area contributed by atoms with Crippen molar-refractivity contribution in [3.05, 3.63) is 94.7 Å². The van der Waals surface area contributed by atoms with Crippen molar-refractivity contribution in [3.8, 4) is 11.5 Å². The number of carbonyl (C=O) groups is 2. The van der Waals surface area contributed by atoms with Gasteiger partial charge in [-0.05, 0) is 68.3 Å². The number of aryl methyl sites for hydroxylation is 2. The molecule has 4 rings (SSSR count). The Labute approximate surface area is 311 Å². The molecule has 3 aromatic rings. The molecule has 0 radical (unpaired) electrons. The quantitative estimate of drug-likeness (QED) is 0.114. The van der Waals surface area contributed by atoms with Crippen LogP contribution in [0.1, 0.15) is 40.7 Å². The monoisotopic (exact) mass is 733 g/mol. The summed E-state index contributed by atoms with van der Waals surface area (Å²) in [4.78, 5) is 32.0. The third-order valence-electron chi connectivity index (χ3n) is 9.37. The Morgan fingerprint density at radius 2 is 1.15 bits per heavy atom. The Bertz CT molecular complexity index is 1660. The van der Waals surface area contributed by atoms with E-state index < -0.39 is 50.1 Å². The van der Waals surface area contributed by atoms with Crippen molar-refractivity contribution >= 4 is 23.2 Å². The fourth-order valence-electron chi connectivity index (χ4n) is 6.43. The second-order valence-electron chi connectivity index (χ2n) is 13.8. The predicted molar refractivity (Wildman–Crippen MR) is 204 cm³/mol. The lowest BCUT2D eigenvalue weighted by Crippen LogP contribution is -2.33. The molecule has 0 atom stereocenters. The molecule has 0 saturated heterocycles. The Morgan fingerprint density at radius 1 is 0.660 bits per heavy atom. The molecule has 1 heterocycles. The van der Waals surface area contributed by atoms with E-state index in [1.54, 1.807) is 12.1 Å². The molecule has 0 aliphatic carbocycles. The van der Waals surface area contributed by atoms with Crippen LogP contribution in [-0.2, 0) is 29.2 Å². The van der Waals surface area contributed by atoms with E-state index in [1.807, 2.05) is 50.4 Å². The average molecular weight is 734 g/mol.